The molecule has 0 atom stereocenters. The van der Waals surface area contributed by atoms with Crippen molar-refractivity contribution in [1.29, 1.82) is 0 Å². The highest BCUT2D eigenvalue weighted by atomic mass is 16.3. The van der Waals surface area contributed by atoms with Crippen molar-refractivity contribution in [1.82, 2.24) is 0 Å². The van der Waals surface area contributed by atoms with Gasteiger partial charge in [-0.3, -0.25) is 0 Å². The highest BCUT2D eigenvalue weighted by Gasteiger charge is 2.10. The molecule has 3 nitrogen and oxygen atoms in total. The Labute approximate surface area is 135 Å². The van der Waals surface area contributed by atoms with Crippen LogP contribution in [-0.4, -0.2) is 5.11 Å². The summed E-state index contributed by atoms with van der Waals surface area (Å²) >= 11 is 0. The van der Waals surface area contributed by atoms with Gasteiger partial charge in [0.1, 0.15) is 12.3 Å². The van der Waals surface area contributed by atoms with Gasteiger partial charge in [-0.25, -0.2) is 0 Å². The van der Waals surface area contributed by atoms with E-state index in [0.29, 0.717) is 5.56 Å². The van der Waals surface area contributed by atoms with Gasteiger partial charge < -0.3 is 5.11 Å². The molecule has 124 valence electrons. The third-order valence-corrected chi connectivity index (χ3v) is 4.15. The summed E-state index contributed by atoms with van der Waals surface area (Å²) in [5.41, 5.74) is 2.87. The summed E-state index contributed by atoms with van der Waals surface area (Å²) in [7, 11) is 0. The van der Waals surface area contributed by atoms with Crippen LogP contribution in [0, 0.1) is 4.91 Å². The molecule has 0 bridgehead atoms. The zero-order valence-electron chi connectivity index (χ0n) is 14.2. The zero-order chi connectivity index (χ0) is 16.2. The van der Waals surface area contributed by atoms with E-state index in [4.69, 9.17) is 0 Å². The van der Waals surface area contributed by atoms with Crippen molar-refractivity contribution in [3.8, 4) is 5.75 Å². The van der Waals surface area contributed by atoms with Crippen molar-refractivity contribution >= 4 is 0 Å². The van der Waals surface area contributed by atoms with E-state index in [0.717, 1.165) is 24.8 Å². The Balaban J connectivity index is 2.52. The van der Waals surface area contributed by atoms with E-state index in [1.807, 2.05) is 6.07 Å². The second-order valence-corrected chi connectivity index (χ2v) is 6.17. The molecule has 0 unspecified atom stereocenters. The minimum Gasteiger partial charge on any atom is -0.507 e. The number of hydrogen-bond donors (Lipinski definition) is 1. The van der Waals surface area contributed by atoms with Gasteiger partial charge in [0.15, 0.2) is 0 Å². The molecular weight excluding hydrogens is 274 g/mol. The number of hydrogen-bond acceptors (Lipinski definition) is 3. The first-order valence-corrected chi connectivity index (χ1v) is 8.85. The minimum atomic E-state index is 0.0629. The molecule has 1 aromatic rings. The quantitative estimate of drug-likeness (QED) is 0.386. The van der Waals surface area contributed by atoms with Gasteiger partial charge in [-0.1, -0.05) is 76.1 Å². The Hall–Kier alpha value is -1.38. The molecule has 0 radical (unpaired) electrons. The molecule has 0 saturated heterocycles. The molecule has 0 aliphatic carbocycles. The monoisotopic (exact) mass is 305 g/mol. The fraction of sp³-hybridized carbons (Fsp3) is 0.684. The van der Waals surface area contributed by atoms with Crippen LogP contribution in [0.5, 0.6) is 5.75 Å². The fourth-order valence-corrected chi connectivity index (χ4v) is 2.91. The molecule has 0 spiro atoms. The average molecular weight is 305 g/mol. The largest absolute Gasteiger partial charge is 0.507 e. The first kappa shape index (κ1) is 18.7. The lowest BCUT2D eigenvalue weighted by Gasteiger charge is -2.11. The van der Waals surface area contributed by atoms with E-state index >= 15 is 0 Å². The van der Waals surface area contributed by atoms with Gasteiger partial charge in [0.25, 0.3) is 0 Å². The van der Waals surface area contributed by atoms with Crippen LogP contribution in [-0.2, 0) is 19.4 Å². The SMILES string of the molecule is CCCCCCCCCc1cc(CCC)c(O)c(CN=O)c1. The predicted octanol–water partition coefficient (Wildman–Crippen LogP) is 5.90. The molecule has 0 aromatic heterocycles. The summed E-state index contributed by atoms with van der Waals surface area (Å²) in [4.78, 5) is 10.5. The predicted molar refractivity (Wildman–Crippen MR) is 93.3 cm³/mol. The Morgan fingerprint density at radius 2 is 1.50 bits per heavy atom. The van der Waals surface area contributed by atoms with Crippen LogP contribution in [0.4, 0.5) is 0 Å². The third-order valence-electron chi connectivity index (χ3n) is 4.15. The molecule has 1 N–H and O–H groups in total. The van der Waals surface area contributed by atoms with Gasteiger partial charge in [0.05, 0.1) is 0 Å². The summed E-state index contributed by atoms with van der Waals surface area (Å²) in [5.74, 6) is 0.268. The number of aryl methyl sites for hydroxylation is 2. The van der Waals surface area contributed by atoms with E-state index in [9.17, 15) is 10.0 Å². The summed E-state index contributed by atoms with van der Waals surface area (Å²) < 4.78 is 0. The van der Waals surface area contributed by atoms with Gasteiger partial charge in [-0.05, 0) is 30.4 Å². The molecule has 3 heteroatoms. The maximum Gasteiger partial charge on any atom is 0.123 e. The zero-order valence-corrected chi connectivity index (χ0v) is 14.2. The number of nitroso groups, excluding NO2 is 1. The maximum absolute atomic E-state index is 10.5. The molecule has 1 rings (SSSR count). The lowest BCUT2D eigenvalue weighted by molar-refractivity contribution is 0.460. The number of phenolic OH excluding ortho intramolecular Hbond substituents is 1. The average Bonchev–Trinajstić information content (AvgIpc) is 2.51. The van der Waals surface area contributed by atoms with Crippen LogP contribution in [0.1, 0.15) is 81.9 Å². The van der Waals surface area contributed by atoms with Gasteiger partial charge >= 0.3 is 0 Å². The number of benzene rings is 1. The van der Waals surface area contributed by atoms with Gasteiger partial charge in [-0.2, -0.15) is 4.91 Å². The minimum absolute atomic E-state index is 0.0629. The summed E-state index contributed by atoms with van der Waals surface area (Å²) in [6.45, 7) is 4.40. The molecule has 0 saturated carbocycles. The lowest BCUT2D eigenvalue weighted by Crippen LogP contribution is -1.96. The maximum atomic E-state index is 10.5. The van der Waals surface area contributed by atoms with E-state index in [1.165, 1.54) is 50.5 Å². The number of unbranched alkanes of at least 4 members (excludes halogenated alkanes) is 6. The molecule has 1 aromatic carbocycles. The Kier molecular flexibility index (Phi) is 9.52. The molecule has 0 amide bonds. The lowest BCUT2D eigenvalue weighted by atomic mass is 9.97. The highest BCUT2D eigenvalue weighted by Crippen LogP contribution is 2.27. The third kappa shape index (κ3) is 6.59. The number of rotatable bonds is 12. The smallest absolute Gasteiger partial charge is 0.123 e. The number of phenols is 1. The molecule has 0 heterocycles. The van der Waals surface area contributed by atoms with E-state index in [2.05, 4.69) is 25.1 Å². The summed E-state index contributed by atoms with van der Waals surface area (Å²) in [6.07, 6.45) is 11.9. The standard InChI is InChI=1S/C19H31NO2/c1-3-5-6-7-8-9-10-12-16-13-17(11-4-2)19(21)18(14-16)15-20-22/h13-14,21H,3-12,15H2,1-2H3. The van der Waals surface area contributed by atoms with Crippen molar-refractivity contribution in [2.75, 3.05) is 0 Å². The molecule has 0 fully saturated rings. The number of aromatic hydroxyl groups is 1. The van der Waals surface area contributed by atoms with Crippen LogP contribution < -0.4 is 0 Å². The molecular formula is C19H31NO2. The second kappa shape index (κ2) is 11.2. The van der Waals surface area contributed by atoms with Crippen molar-refractivity contribution in [3.63, 3.8) is 0 Å². The van der Waals surface area contributed by atoms with Crippen LogP contribution >= 0.6 is 0 Å². The van der Waals surface area contributed by atoms with E-state index < -0.39 is 0 Å². The highest BCUT2D eigenvalue weighted by molar-refractivity contribution is 5.44. The molecule has 22 heavy (non-hydrogen) atoms. The van der Waals surface area contributed by atoms with Crippen molar-refractivity contribution in [3.05, 3.63) is 33.7 Å². The van der Waals surface area contributed by atoms with Crippen LogP contribution in [0.15, 0.2) is 17.3 Å². The van der Waals surface area contributed by atoms with Gasteiger partial charge in [0.2, 0.25) is 0 Å². The summed E-state index contributed by atoms with van der Waals surface area (Å²) in [5, 5.41) is 13.1. The molecule has 0 aliphatic rings. The Morgan fingerprint density at radius 3 is 2.14 bits per heavy atom. The van der Waals surface area contributed by atoms with Gasteiger partial charge in [-0.15, -0.1) is 0 Å². The molecule has 0 aliphatic heterocycles. The van der Waals surface area contributed by atoms with Gasteiger partial charge in [0, 0.05) is 5.56 Å². The van der Waals surface area contributed by atoms with Crippen LogP contribution in [0.3, 0.4) is 0 Å². The van der Waals surface area contributed by atoms with Crippen molar-refractivity contribution in [2.45, 2.75) is 84.6 Å². The Morgan fingerprint density at radius 1 is 0.864 bits per heavy atom. The van der Waals surface area contributed by atoms with Crippen molar-refractivity contribution in [2.24, 2.45) is 5.18 Å². The van der Waals surface area contributed by atoms with E-state index in [1.54, 1.807) is 0 Å². The Bertz CT molecular complexity index is 443. The van der Waals surface area contributed by atoms with Crippen LogP contribution in [0.2, 0.25) is 0 Å². The summed E-state index contributed by atoms with van der Waals surface area (Å²) in [6, 6.07) is 4.05. The fourth-order valence-electron chi connectivity index (χ4n) is 2.91. The van der Waals surface area contributed by atoms with Crippen LogP contribution in [0.25, 0.3) is 0 Å². The second-order valence-electron chi connectivity index (χ2n) is 6.17. The van der Waals surface area contributed by atoms with Crippen molar-refractivity contribution < 1.29 is 5.11 Å². The first-order chi connectivity index (χ1) is 10.7. The first-order valence-electron chi connectivity index (χ1n) is 8.85. The number of nitrogens with zero attached hydrogens (tertiary/aromatic N) is 1. The normalized spacial score (nSPS) is 10.8. The van der Waals surface area contributed by atoms with E-state index in [-0.39, 0.29) is 12.3 Å². The topological polar surface area (TPSA) is 49.7 Å².